The summed E-state index contributed by atoms with van der Waals surface area (Å²) in [6, 6.07) is 12.7. The van der Waals surface area contributed by atoms with Crippen molar-refractivity contribution in [2.45, 2.75) is 32.2 Å². The number of halogens is 1. The monoisotopic (exact) mass is 425 g/mol. The van der Waals surface area contributed by atoms with Crippen molar-refractivity contribution in [3.63, 3.8) is 0 Å². The van der Waals surface area contributed by atoms with E-state index in [0.717, 1.165) is 5.56 Å². The number of hydrogen-bond acceptors (Lipinski definition) is 5. The van der Waals surface area contributed by atoms with Gasteiger partial charge in [0.1, 0.15) is 5.82 Å². The second kappa shape index (κ2) is 9.55. The van der Waals surface area contributed by atoms with Crippen LogP contribution in [0.1, 0.15) is 47.2 Å². The second-order valence-corrected chi connectivity index (χ2v) is 7.19. The number of nitrogens with zero attached hydrogens (tertiary/aromatic N) is 1. The van der Waals surface area contributed by atoms with Crippen LogP contribution in [-0.2, 0) is 25.6 Å². The summed E-state index contributed by atoms with van der Waals surface area (Å²) in [5, 5.41) is 0. The summed E-state index contributed by atoms with van der Waals surface area (Å²) in [5.74, 6) is -2.16. The van der Waals surface area contributed by atoms with Crippen LogP contribution in [0.3, 0.4) is 0 Å². The number of rotatable bonds is 6. The third-order valence-electron chi connectivity index (χ3n) is 5.37. The first-order chi connectivity index (χ1) is 14.9. The molecule has 31 heavy (non-hydrogen) atoms. The Balaban J connectivity index is 2.01. The van der Waals surface area contributed by atoms with E-state index in [1.54, 1.807) is 41.3 Å². The topological polar surface area (TPSA) is 72.9 Å². The summed E-state index contributed by atoms with van der Waals surface area (Å²) in [4.78, 5) is 39.0. The molecule has 162 valence electrons. The summed E-state index contributed by atoms with van der Waals surface area (Å²) in [5.41, 5.74) is 2.67. The van der Waals surface area contributed by atoms with Gasteiger partial charge in [-0.15, -0.1) is 0 Å². The van der Waals surface area contributed by atoms with Crippen LogP contribution in [0.2, 0.25) is 0 Å². The van der Waals surface area contributed by atoms with Crippen LogP contribution in [0.5, 0.6) is 0 Å². The number of ether oxygens (including phenoxy) is 2. The minimum Gasteiger partial charge on any atom is -0.466 e. The van der Waals surface area contributed by atoms with Crippen LogP contribution >= 0.6 is 0 Å². The van der Waals surface area contributed by atoms with E-state index >= 15 is 0 Å². The zero-order chi connectivity index (χ0) is 22.5. The van der Waals surface area contributed by atoms with Gasteiger partial charge in [0.15, 0.2) is 0 Å². The fourth-order valence-corrected chi connectivity index (χ4v) is 3.87. The highest BCUT2D eigenvalue weighted by Gasteiger charge is 2.37. The lowest BCUT2D eigenvalue weighted by Crippen LogP contribution is -2.38. The molecule has 3 rings (SSSR count). The Labute approximate surface area is 180 Å². The molecule has 2 aromatic rings. The molecule has 0 spiro atoms. The van der Waals surface area contributed by atoms with Crippen molar-refractivity contribution in [1.29, 1.82) is 0 Å². The molecule has 0 fully saturated rings. The van der Waals surface area contributed by atoms with Crippen LogP contribution in [0.15, 0.2) is 59.8 Å². The second-order valence-electron chi connectivity index (χ2n) is 7.19. The quantitative estimate of drug-likeness (QED) is 0.655. The fourth-order valence-electron chi connectivity index (χ4n) is 3.87. The first kappa shape index (κ1) is 22.2. The Morgan fingerprint density at radius 3 is 2.32 bits per heavy atom. The van der Waals surface area contributed by atoms with Crippen LogP contribution in [0.4, 0.5) is 4.39 Å². The van der Waals surface area contributed by atoms with E-state index in [0.29, 0.717) is 28.8 Å². The van der Waals surface area contributed by atoms with Crippen molar-refractivity contribution in [2.24, 2.45) is 0 Å². The molecule has 1 heterocycles. The maximum absolute atomic E-state index is 13.8. The van der Waals surface area contributed by atoms with Crippen molar-refractivity contribution in [3.05, 3.63) is 82.3 Å². The minimum atomic E-state index is -0.580. The number of benzene rings is 2. The van der Waals surface area contributed by atoms with Crippen LogP contribution in [0, 0.1) is 5.82 Å². The summed E-state index contributed by atoms with van der Waals surface area (Å²) in [6.07, 6.45) is 0.444. The zero-order valence-electron chi connectivity index (χ0n) is 17.7. The number of hydrogen-bond donors (Lipinski definition) is 0. The molecule has 1 aliphatic heterocycles. The predicted molar refractivity (Wildman–Crippen MR) is 111 cm³/mol. The lowest BCUT2D eigenvalue weighted by molar-refractivity contribution is -0.138. The van der Waals surface area contributed by atoms with Gasteiger partial charge in [0.25, 0.3) is 0 Å². The Bertz CT molecular complexity index is 1030. The lowest BCUT2D eigenvalue weighted by Gasteiger charge is -2.35. The van der Waals surface area contributed by atoms with Crippen molar-refractivity contribution in [3.8, 4) is 0 Å². The van der Waals surface area contributed by atoms with E-state index in [9.17, 15) is 18.8 Å². The Morgan fingerprint density at radius 1 is 1.06 bits per heavy atom. The third kappa shape index (κ3) is 4.66. The minimum absolute atomic E-state index is 0.0254. The first-order valence-corrected chi connectivity index (χ1v) is 9.94. The normalized spacial score (nSPS) is 16.3. The van der Waals surface area contributed by atoms with Gasteiger partial charge in [-0.05, 0) is 41.8 Å². The highest BCUT2D eigenvalue weighted by molar-refractivity contribution is 5.96. The summed E-state index contributed by atoms with van der Waals surface area (Å²) in [7, 11) is 2.60. The SMILES string of the molecule is CCC1=C(C(=O)OC)C(c2cccc(F)c2)CC(=O)N1Cc1ccc(C(=O)OC)cc1. The van der Waals surface area contributed by atoms with Crippen LogP contribution in [0.25, 0.3) is 0 Å². The van der Waals surface area contributed by atoms with Gasteiger partial charge in [-0.1, -0.05) is 31.2 Å². The third-order valence-corrected chi connectivity index (χ3v) is 5.37. The number of esters is 2. The standard InChI is InChI=1S/C24H24FNO5/c1-4-20-22(24(29)31-3)19(17-6-5-7-18(25)12-17)13-21(27)26(20)14-15-8-10-16(11-9-15)23(28)30-2/h5-12,19H,4,13-14H2,1-3H3. The van der Waals surface area contributed by atoms with Gasteiger partial charge >= 0.3 is 11.9 Å². The molecule has 1 amide bonds. The molecule has 7 heteroatoms. The number of methoxy groups -OCH3 is 2. The van der Waals surface area contributed by atoms with Crippen molar-refractivity contribution < 1.29 is 28.2 Å². The van der Waals surface area contributed by atoms with Crippen LogP contribution in [-0.4, -0.2) is 37.0 Å². The maximum atomic E-state index is 13.8. The molecule has 6 nitrogen and oxygen atoms in total. The summed E-state index contributed by atoms with van der Waals surface area (Å²) in [6.45, 7) is 2.09. The molecule has 0 radical (unpaired) electrons. The van der Waals surface area contributed by atoms with Crippen molar-refractivity contribution >= 4 is 17.8 Å². The fraction of sp³-hybridized carbons (Fsp3) is 0.292. The number of allylic oxidation sites excluding steroid dienone is 1. The molecule has 0 aliphatic carbocycles. The Morgan fingerprint density at radius 2 is 1.74 bits per heavy atom. The van der Waals surface area contributed by atoms with Gasteiger partial charge in [-0.25, -0.2) is 14.0 Å². The number of carbonyl (C=O) groups excluding carboxylic acids is 3. The highest BCUT2D eigenvalue weighted by atomic mass is 19.1. The molecular formula is C24H24FNO5. The van der Waals surface area contributed by atoms with E-state index in [1.807, 2.05) is 6.92 Å². The number of amides is 1. The average molecular weight is 425 g/mol. The van der Waals surface area contributed by atoms with Gasteiger partial charge in [0.05, 0.1) is 31.9 Å². The van der Waals surface area contributed by atoms with E-state index in [-0.39, 0.29) is 18.9 Å². The lowest BCUT2D eigenvalue weighted by atomic mass is 9.82. The Kier molecular flexibility index (Phi) is 6.84. The number of carbonyl (C=O) groups is 3. The molecular weight excluding hydrogens is 401 g/mol. The molecule has 0 bridgehead atoms. The molecule has 2 aromatic carbocycles. The largest absolute Gasteiger partial charge is 0.466 e. The smallest absolute Gasteiger partial charge is 0.337 e. The van der Waals surface area contributed by atoms with Gasteiger partial charge < -0.3 is 14.4 Å². The van der Waals surface area contributed by atoms with Crippen molar-refractivity contribution in [1.82, 2.24) is 4.90 Å². The predicted octanol–water partition coefficient (Wildman–Crippen LogP) is 3.97. The highest BCUT2D eigenvalue weighted by Crippen LogP contribution is 2.39. The molecule has 1 aliphatic rings. The van der Waals surface area contributed by atoms with Gasteiger partial charge in [0, 0.05) is 18.0 Å². The molecule has 0 saturated carbocycles. The molecule has 0 N–H and O–H groups in total. The zero-order valence-corrected chi connectivity index (χ0v) is 17.7. The van der Waals surface area contributed by atoms with E-state index in [2.05, 4.69) is 0 Å². The maximum Gasteiger partial charge on any atom is 0.337 e. The average Bonchev–Trinajstić information content (AvgIpc) is 2.79. The summed E-state index contributed by atoms with van der Waals surface area (Å²) < 4.78 is 23.5. The van der Waals surface area contributed by atoms with Gasteiger partial charge in [-0.3, -0.25) is 4.79 Å². The van der Waals surface area contributed by atoms with E-state index < -0.39 is 23.7 Å². The molecule has 1 unspecified atom stereocenters. The van der Waals surface area contributed by atoms with Crippen molar-refractivity contribution in [2.75, 3.05) is 14.2 Å². The first-order valence-electron chi connectivity index (χ1n) is 9.94. The molecule has 0 aromatic heterocycles. The van der Waals surface area contributed by atoms with Gasteiger partial charge in [0.2, 0.25) is 5.91 Å². The van der Waals surface area contributed by atoms with E-state index in [4.69, 9.17) is 9.47 Å². The van der Waals surface area contributed by atoms with E-state index in [1.165, 1.54) is 26.4 Å². The Hall–Kier alpha value is -3.48. The van der Waals surface area contributed by atoms with Crippen LogP contribution < -0.4 is 0 Å². The summed E-state index contributed by atoms with van der Waals surface area (Å²) >= 11 is 0. The molecule has 0 saturated heterocycles. The van der Waals surface area contributed by atoms with Gasteiger partial charge in [-0.2, -0.15) is 0 Å². The molecule has 1 atom stereocenters.